The van der Waals surface area contributed by atoms with Crippen LogP contribution in [0.4, 0.5) is 5.69 Å². The van der Waals surface area contributed by atoms with Gasteiger partial charge in [0.15, 0.2) is 0 Å². The molecule has 32 heavy (non-hydrogen) atoms. The molecule has 1 fully saturated rings. The lowest BCUT2D eigenvalue weighted by Gasteiger charge is -2.20. The Bertz CT molecular complexity index is 1030. The zero-order valence-electron chi connectivity index (χ0n) is 18.6. The average Bonchev–Trinajstić information content (AvgIpc) is 2.82. The Hall–Kier alpha value is -2.87. The number of sulfonamides is 1. The normalized spacial score (nSPS) is 14.6. The maximum absolute atomic E-state index is 12.8. The van der Waals surface area contributed by atoms with Gasteiger partial charge in [-0.05, 0) is 56.2 Å². The third-order valence-electron chi connectivity index (χ3n) is 5.86. The van der Waals surface area contributed by atoms with Crippen molar-refractivity contribution in [2.24, 2.45) is 5.92 Å². The second kappa shape index (κ2) is 10.6. The predicted octanol–water partition coefficient (Wildman–Crippen LogP) is 3.25. The van der Waals surface area contributed by atoms with Crippen molar-refractivity contribution < 1.29 is 18.0 Å². The lowest BCUT2D eigenvalue weighted by atomic mass is 9.89. The topological polar surface area (TPSA) is 95.6 Å². The maximum Gasteiger partial charge on any atom is 0.264 e. The van der Waals surface area contributed by atoms with Crippen LogP contribution in [-0.4, -0.2) is 40.4 Å². The molecule has 1 aliphatic rings. The van der Waals surface area contributed by atoms with Gasteiger partial charge in [-0.3, -0.25) is 13.9 Å². The van der Waals surface area contributed by atoms with Crippen LogP contribution >= 0.6 is 0 Å². The van der Waals surface area contributed by atoms with Crippen LogP contribution in [0.25, 0.3) is 0 Å². The van der Waals surface area contributed by atoms with Crippen molar-refractivity contribution in [3.05, 3.63) is 59.7 Å². The monoisotopic (exact) mass is 457 g/mol. The van der Waals surface area contributed by atoms with Crippen molar-refractivity contribution in [1.29, 1.82) is 0 Å². The van der Waals surface area contributed by atoms with Crippen LogP contribution in [-0.2, 0) is 14.8 Å². The third-order valence-corrected chi connectivity index (χ3v) is 7.66. The molecule has 172 valence electrons. The fourth-order valence-corrected chi connectivity index (χ4v) is 5.00. The SMILES string of the molecule is Cc1ccc(S(=O)(=O)N(C)c2ccc(C(=O)NCCNC(=O)C3CCCCC3)cc2)cc1. The van der Waals surface area contributed by atoms with Crippen LogP contribution in [0.15, 0.2) is 53.4 Å². The van der Waals surface area contributed by atoms with E-state index in [4.69, 9.17) is 0 Å². The van der Waals surface area contributed by atoms with Crippen molar-refractivity contribution in [3.63, 3.8) is 0 Å². The first-order valence-electron chi connectivity index (χ1n) is 11.0. The van der Waals surface area contributed by atoms with E-state index in [9.17, 15) is 18.0 Å². The Morgan fingerprint density at radius 3 is 2.12 bits per heavy atom. The Morgan fingerprint density at radius 1 is 0.906 bits per heavy atom. The first-order chi connectivity index (χ1) is 15.3. The molecule has 8 heteroatoms. The summed E-state index contributed by atoms with van der Waals surface area (Å²) in [6.07, 6.45) is 5.29. The summed E-state index contributed by atoms with van der Waals surface area (Å²) >= 11 is 0. The number of nitrogens with zero attached hydrogens (tertiary/aromatic N) is 1. The van der Waals surface area contributed by atoms with Crippen LogP contribution < -0.4 is 14.9 Å². The van der Waals surface area contributed by atoms with Crippen LogP contribution in [0, 0.1) is 12.8 Å². The second-order valence-electron chi connectivity index (χ2n) is 8.21. The number of benzene rings is 2. The summed E-state index contributed by atoms with van der Waals surface area (Å²) in [4.78, 5) is 24.7. The molecule has 2 aromatic carbocycles. The highest BCUT2D eigenvalue weighted by Gasteiger charge is 2.22. The molecule has 0 saturated heterocycles. The van der Waals surface area contributed by atoms with Crippen molar-refractivity contribution >= 4 is 27.5 Å². The van der Waals surface area contributed by atoms with E-state index in [1.54, 1.807) is 48.5 Å². The number of carbonyl (C=O) groups excluding carboxylic acids is 2. The van der Waals surface area contributed by atoms with Gasteiger partial charge in [0.2, 0.25) is 5.91 Å². The molecule has 7 nitrogen and oxygen atoms in total. The van der Waals surface area contributed by atoms with Gasteiger partial charge >= 0.3 is 0 Å². The molecule has 0 heterocycles. The smallest absolute Gasteiger partial charge is 0.264 e. The number of aryl methyl sites for hydroxylation is 1. The summed E-state index contributed by atoms with van der Waals surface area (Å²) in [5.74, 6) is -0.103. The van der Waals surface area contributed by atoms with E-state index in [0.29, 0.717) is 24.3 Å². The molecule has 0 unspecified atom stereocenters. The summed E-state index contributed by atoms with van der Waals surface area (Å²) in [5.41, 5.74) is 1.87. The number of nitrogens with one attached hydrogen (secondary N) is 2. The van der Waals surface area contributed by atoms with Gasteiger partial charge in [-0.2, -0.15) is 0 Å². The number of rotatable bonds is 8. The zero-order chi connectivity index (χ0) is 23.1. The van der Waals surface area contributed by atoms with E-state index >= 15 is 0 Å². The first-order valence-corrected chi connectivity index (χ1v) is 12.4. The first kappa shape index (κ1) is 23.8. The summed E-state index contributed by atoms with van der Waals surface area (Å²) < 4.78 is 26.8. The zero-order valence-corrected chi connectivity index (χ0v) is 19.5. The Kier molecular flexibility index (Phi) is 7.90. The molecule has 1 aliphatic carbocycles. The minimum absolute atomic E-state index is 0.0705. The summed E-state index contributed by atoms with van der Waals surface area (Å²) in [7, 11) is -2.20. The molecule has 3 rings (SSSR count). The maximum atomic E-state index is 12.8. The molecule has 2 aromatic rings. The van der Waals surface area contributed by atoms with E-state index in [-0.39, 0.29) is 22.6 Å². The van der Waals surface area contributed by atoms with Crippen molar-refractivity contribution in [2.75, 3.05) is 24.4 Å². The fraction of sp³-hybridized carbons (Fsp3) is 0.417. The predicted molar refractivity (Wildman–Crippen MR) is 125 cm³/mol. The van der Waals surface area contributed by atoms with E-state index < -0.39 is 10.0 Å². The van der Waals surface area contributed by atoms with Gasteiger partial charge in [0.05, 0.1) is 10.6 Å². The van der Waals surface area contributed by atoms with Crippen molar-refractivity contribution in [2.45, 2.75) is 43.9 Å². The highest BCUT2D eigenvalue weighted by molar-refractivity contribution is 7.92. The van der Waals surface area contributed by atoms with E-state index in [0.717, 1.165) is 31.2 Å². The Labute approximate surface area is 190 Å². The molecule has 0 radical (unpaired) electrons. The van der Waals surface area contributed by atoms with Gasteiger partial charge in [-0.25, -0.2) is 8.42 Å². The van der Waals surface area contributed by atoms with Crippen LogP contribution in [0.5, 0.6) is 0 Å². The number of anilines is 1. The molecular weight excluding hydrogens is 426 g/mol. The van der Waals surface area contributed by atoms with Gasteiger partial charge in [-0.1, -0.05) is 37.0 Å². The highest BCUT2D eigenvalue weighted by Crippen LogP contribution is 2.24. The highest BCUT2D eigenvalue weighted by atomic mass is 32.2. The lowest BCUT2D eigenvalue weighted by molar-refractivity contribution is -0.125. The van der Waals surface area contributed by atoms with Crippen LogP contribution in [0.1, 0.15) is 48.0 Å². The summed E-state index contributed by atoms with van der Waals surface area (Å²) in [6, 6.07) is 13.1. The van der Waals surface area contributed by atoms with Gasteiger partial charge in [0.25, 0.3) is 15.9 Å². The molecule has 0 spiro atoms. The number of hydrogen-bond acceptors (Lipinski definition) is 4. The summed E-state index contributed by atoms with van der Waals surface area (Å²) in [5, 5.41) is 5.67. The van der Waals surface area contributed by atoms with Gasteiger partial charge in [0, 0.05) is 31.6 Å². The molecule has 0 aliphatic heterocycles. The second-order valence-corrected chi connectivity index (χ2v) is 10.2. The molecular formula is C24H31N3O4S. The minimum atomic E-state index is -3.68. The number of amides is 2. The third kappa shape index (κ3) is 5.88. The molecule has 0 aromatic heterocycles. The Morgan fingerprint density at radius 2 is 1.50 bits per heavy atom. The largest absolute Gasteiger partial charge is 0.354 e. The molecule has 0 atom stereocenters. The van der Waals surface area contributed by atoms with Crippen LogP contribution in [0.2, 0.25) is 0 Å². The van der Waals surface area contributed by atoms with Crippen molar-refractivity contribution in [3.8, 4) is 0 Å². The standard InChI is InChI=1S/C24H31N3O4S/c1-18-8-14-22(15-9-18)32(30,31)27(2)21-12-10-20(11-13-21)24(29)26-17-16-25-23(28)19-6-4-3-5-7-19/h8-15,19H,3-7,16-17H2,1-2H3,(H,25,28)(H,26,29). The number of carbonyl (C=O) groups is 2. The summed E-state index contributed by atoms with van der Waals surface area (Å²) in [6.45, 7) is 2.62. The number of hydrogen-bond donors (Lipinski definition) is 2. The molecule has 0 bridgehead atoms. The molecule has 1 saturated carbocycles. The Balaban J connectivity index is 1.51. The molecule has 2 amide bonds. The average molecular weight is 458 g/mol. The lowest BCUT2D eigenvalue weighted by Crippen LogP contribution is -2.38. The van der Waals surface area contributed by atoms with Gasteiger partial charge in [0.1, 0.15) is 0 Å². The quantitative estimate of drug-likeness (QED) is 0.595. The van der Waals surface area contributed by atoms with Gasteiger partial charge in [-0.15, -0.1) is 0 Å². The van der Waals surface area contributed by atoms with Crippen molar-refractivity contribution in [1.82, 2.24) is 10.6 Å². The fourth-order valence-electron chi connectivity index (χ4n) is 3.80. The van der Waals surface area contributed by atoms with E-state index in [1.807, 2.05) is 6.92 Å². The van der Waals surface area contributed by atoms with Gasteiger partial charge < -0.3 is 10.6 Å². The van der Waals surface area contributed by atoms with E-state index in [2.05, 4.69) is 10.6 Å². The minimum Gasteiger partial charge on any atom is -0.354 e. The van der Waals surface area contributed by atoms with E-state index in [1.165, 1.54) is 17.8 Å². The van der Waals surface area contributed by atoms with Crippen LogP contribution in [0.3, 0.4) is 0 Å². The molecule has 2 N–H and O–H groups in total.